The molecule has 174 valence electrons. The second kappa shape index (κ2) is 13.7. The van der Waals surface area contributed by atoms with Crippen molar-refractivity contribution in [2.24, 2.45) is 10.3 Å². The summed E-state index contributed by atoms with van der Waals surface area (Å²) < 4.78 is 25.4. The quantitative estimate of drug-likeness (QED) is 0.157. The third-order valence-corrected chi connectivity index (χ3v) is 6.54. The summed E-state index contributed by atoms with van der Waals surface area (Å²) in [4.78, 5) is 2.44. The minimum absolute atomic E-state index is 0.129. The highest BCUT2D eigenvalue weighted by Crippen LogP contribution is 2.14. The van der Waals surface area contributed by atoms with Crippen molar-refractivity contribution in [1.29, 1.82) is 0 Å². The maximum Gasteiger partial charge on any atom is 0.276 e. The van der Waals surface area contributed by atoms with Gasteiger partial charge in [-0.2, -0.15) is 18.4 Å². The summed E-state index contributed by atoms with van der Waals surface area (Å²) >= 11 is 0. The molecule has 0 aliphatic carbocycles. The summed E-state index contributed by atoms with van der Waals surface area (Å²) in [5.41, 5.74) is 2.35. The highest BCUT2D eigenvalue weighted by molar-refractivity contribution is 7.89. The summed E-state index contributed by atoms with van der Waals surface area (Å²) in [6, 6.07) is 15.7. The molecule has 0 heterocycles. The predicted octanol–water partition coefficient (Wildman–Crippen LogP) is 6.04. The van der Waals surface area contributed by atoms with Crippen LogP contribution >= 0.6 is 0 Å². The van der Waals surface area contributed by atoms with Gasteiger partial charge in [0, 0.05) is 5.56 Å². The third kappa shape index (κ3) is 8.46. The molecule has 0 aliphatic heterocycles. The Morgan fingerprint density at radius 3 is 2.06 bits per heavy atom. The number of benzene rings is 2. The van der Waals surface area contributed by atoms with E-state index < -0.39 is 10.0 Å². The van der Waals surface area contributed by atoms with Gasteiger partial charge in [-0.3, -0.25) is 0 Å². The lowest BCUT2D eigenvalue weighted by molar-refractivity contribution is 0.318. The molecule has 0 amide bonds. The standard InChI is InChI=1S/C25H35N3O3S/c1-3-4-5-6-7-8-9-13-16-24(27-29)25(22-14-11-10-12-15-22)26-28-32(30,31)23-19-17-21(2)18-20-23/h10-12,14-15,17-20,28-29H,3-9,13,16H2,1-2H3/b26-25+,27-24+. The molecule has 2 aromatic rings. The zero-order valence-corrected chi connectivity index (χ0v) is 19.9. The molecular weight excluding hydrogens is 422 g/mol. The first-order valence-corrected chi connectivity index (χ1v) is 12.9. The van der Waals surface area contributed by atoms with Crippen LogP contribution in [-0.2, 0) is 10.0 Å². The normalized spacial score (nSPS) is 12.7. The van der Waals surface area contributed by atoms with E-state index in [1.54, 1.807) is 12.1 Å². The summed E-state index contributed by atoms with van der Waals surface area (Å²) in [6.45, 7) is 4.10. The van der Waals surface area contributed by atoms with Crippen LogP contribution in [0.5, 0.6) is 0 Å². The van der Waals surface area contributed by atoms with E-state index >= 15 is 0 Å². The molecule has 0 unspecified atom stereocenters. The van der Waals surface area contributed by atoms with Gasteiger partial charge in [0.15, 0.2) is 0 Å². The van der Waals surface area contributed by atoms with Gasteiger partial charge in [0.2, 0.25) is 0 Å². The lowest BCUT2D eigenvalue weighted by atomic mass is 10.0. The molecule has 7 heteroatoms. The Balaban J connectivity index is 2.08. The molecule has 0 aliphatic rings. The van der Waals surface area contributed by atoms with Crippen molar-refractivity contribution in [3.05, 3.63) is 65.7 Å². The van der Waals surface area contributed by atoms with Gasteiger partial charge in [-0.25, -0.2) is 0 Å². The number of sulfonamides is 1. The molecule has 0 fully saturated rings. The van der Waals surface area contributed by atoms with E-state index in [1.807, 2.05) is 37.3 Å². The molecule has 2 rings (SSSR count). The van der Waals surface area contributed by atoms with Crippen LogP contribution in [0.2, 0.25) is 0 Å². The number of oxime groups is 1. The molecule has 0 atom stereocenters. The molecule has 0 bridgehead atoms. The Morgan fingerprint density at radius 2 is 1.47 bits per heavy atom. The molecule has 0 saturated heterocycles. The summed E-state index contributed by atoms with van der Waals surface area (Å²) in [5, 5.41) is 17.3. The van der Waals surface area contributed by atoms with Gasteiger partial charge >= 0.3 is 0 Å². The number of nitrogens with zero attached hydrogens (tertiary/aromatic N) is 2. The number of hydrogen-bond donors (Lipinski definition) is 2. The van der Waals surface area contributed by atoms with E-state index in [1.165, 1.54) is 44.2 Å². The largest absolute Gasteiger partial charge is 0.411 e. The van der Waals surface area contributed by atoms with E-state index in [0.29, 0.717) is 23.4 Å². The Kier molecular flexibility index (Phi) is 10.9. The van der Waals surface area contributed by atoms with Gasteiger partial charge in [0.25, 0.3) is 10.0 Å². The molecule has 0 spiro atoms. The number of nitrogens with one attached hydrogen (secondary N) is 1. The minimum Gasteiger partial charge on any atom is -0.411 e. The lowest BCUT2D eigenvalue weighted by Crippen LogP contribution is -2.24. The summed E-state index contributed by atoms with van der Waals surface area (Å²) in [5.74, 6) is 0. The lowest BCUT2D eigenvalue weighted by Gasteiger charge is -2.11. The zero-order valence-electron chi connectivity index (χ0n) is 19.1. The maximum atomic E-state index is 12.7. The smallest absolute Gasteiger partial charge is 0.276 e. The van der Waals surface area contributed by atoms with Crippen molar-refractivity contribution >= 4 is 21.4 Å². The van der Waals surface area contributed by atoms with E-state index in [2.05, 4.69) is 22.0 Å². The van der Waals surface area contributed by atoms with Crippen LogP contribution in [0.3, 0.4) is 0 Å². The zero-order chi connectivity index (χ0) is 23.2. The fourth-order valence-electron chi connectivity index (χ4n) is 3.41. The molecule has 32 heavy (non-hydrogen) atoms. The van der Waals surface area contributed by atoms with Gasteiger partial charge in [0.05, 0.1) is 4.90 Å². The minimum atomic E-state index is -3.84. The number of hydrazone groups is 1. The molecule has 2 aromatic carbocycles. The van der Waals surface area contributed by atoms with Crippen LogP contribution in [0.1, 0.15) is 75.8 Å². The molecule has 0 saturated carbocycles. The van der Waals surface area contributed by atoms with Gasteiger partial charge < -0.3 is 5.21 Å². The van der Waals surface area contributed by atoms with Gasteiger partial charge in [-0.1, -0.05) is 105 Å². The van der Waals surface area contributed by atoms with E-state index in [-0.39, 0.29) is 4.90 Å². The molecular formula is C25H35N3O3S. The summed E-state index contributed by atoms with van der Waals surface area (Å²) in [7, 11) is -3.84. The highest BCUT2D eigenvalue weighted by Gasteiger charge is 2.17. The topological polar surface area (TPSA) is 91.1 Å². The van der Waals surface area contributed by atoms with Crippen molar-refractivity contribution in [3.63, 3.8) is 0 Å². The van der Waals surface area contributed by atoms with Crippen molar-refractivity contribution in [1.82, 2.24) is 4.83 Å². The monoisotopic (exact) mass is 457 g/mol. The second-order valence-electron chi connectivity index (χ2n) is 8.01. The van der Waals surface area contributed by atoms with E-state index in [9.17, 15) is 13.6 Å². The fraction of sp³-hybridized carbons (Fsp3) is 0.440. The van der Waals surface area contributed by atoms with Crippen LogP contribution < -0.4 is 4.83 Å². The Morgan fingerprint density at radius 1 is 0.875 bits per heavy atom. The van der Waals surface area contributed by atoms with Gasteiger partial charge in [-0.15, -0.1) is 0 Å². The van der Waals surface area contributed by atoms with Crippen LogP contribution in [0.4, 0.5) is 0 Å². The Bertz CT molecular complexity index is 969. The number of hydrogen-bond acceptors (Lipinski definition) is 5. The fourth-order valence-corrected chi connectivity index (χ4v) is 4.22. The van der Waals surface area contributed by atoms with Crippen molar-refractivity contribution < 1.29 is 13.6 Å². The Labute approximate surface area is 192 Å². The average molecular weight is 458 g/mol. The van der Waals surface area contributed by atoms with Crippen LogP contribution in [0.25, 0.3) is 0 Å². The number of aryl methyl sites for hydroxylation is 1. The summed E-state index contributed by atoms with van der Waals surface area (Å²) in [6.07, 6.45) is 9.82. The van der Waals surface area contributed by atoms with Crippen LogP contribution in [-0.4, -0.2) is 25.0 Å². The first-order valence-electron chi connectivity index (χ1n) is 11.4. The SMILES string of the molecule is CCCCCCCCCCC(=N\O)/C(=N/NS(=O)(=O)c1ccc(C)cc1)c1ccccc1. The average Bonchev–Trinajstić information content (AvgIpc) is 2.80. The first kappa shape index (κ1) is 25.6. The molecule has 0 radical (unpaired) electrons. The van der Waals surface area contributed by atoms with E-state index in [4.69, 9.17) is 0 Å². The third-order valence-electron chi connectivity index (χ3n) is 5.32. The maximum absolute atomic E-state index is 12.7. The predicted molar refractivity (Wildman–Crippen MR) is 131 cm³/mol. The molecule has 6 nitrogen and oxygen atoms in total. The Hall–Kier alpha value is -2.67. The number of unbranched alkanes of at least 4 members (excludes halogenated alkanes) is 7. The van der Waals surface area contributed by atoms with Crippen molar-refractivity contribution in [3.8, 4) is 0 Å². The van der Waals surface area contributed by atoms with Crippen LogP contribution in [0, 0.1) is 6.92 Å². The van der Waals surface area contributed by atoms with E-state index in [0.717, 1.165) is 24.8 Å². The molecule has 0 aromatic heterocycles. The highest BCUT2D eigenvalue weighted by atomic mass is 32.2. The number of rotatable bonds is 14. The van der Waals surface area contributed by atoms with Gasteiger partial charge in [-0.05, 0) is 31.9 Å². The first-order chi connectivity index (χ1) is 15.5. The van der Waals surface area contributed by atoms with Crippen LogP contribution in [0.15, 0.2) is 69.7 Å². The van der Waals surface area contributed by atoms with Crippen molar-refractivity contribution in [2.75, 3.05) is 0 Å². The second-order valence-corrected chi connectivity index (χ2v) is 9.67. The van der Waals surface area contributed by atoms with Gasteiger partial charge in [0.1, 0.15) is 11.4 Å². The molecule has 2 N–H and O–H groups in total. The van der Waals surface area contributed by atoms with Crippen molar-refractivity contribution in [2.45, 2.75) is 76.5 Å².